The molecule has 0 bridgehead atoms. The van der Waals surface area contributed by atoms with Crippen LogP contribution < -0.4 is 5.32 Å². The third-order valence-corrected chi connectivity index (χ3v) is 3.72. The summed E-state index contributed by atoms with van der Waals surface area (Å²) in [6, 6.07) is 12.2. The van der Waals surface area contributed by atoms with Crippen molar-refractivity contribution in [2.45, 2.75) is 6.92 Å². The van der Waals surface area contributed by atoms with Gasteiger partial charge in [0, 0.05) is 5.69 Å². The van der Waals surface area contributed by atoms with Gasteiger partial charge >= 0.3 is 5.97 Å². The van der Waals surface area contributed by atoms with Crippen LogP contribution in [0.4, 0.5) is 5.69 Å². The molecule has 1 aromatic heterocycles. The summed E-state index contributed by atoms with van der Waals surface area (Å²) < 4.78 is 13.1. The summed E-state index contributed by atoms with van der Waals surface area (Å²) >= 11 is 1.08. The first-order valence-electron chi connectivity index (χ1n) is 6.88. The smallest absolute Gasteiger partial charge is 0.338 e. The lowest BCUT2D eigenvalue weighted by Gasteiger charge is -2.07. The lowest BCUT2D eigenvalue weighted by molar-refractivity contribution is -0.119. The number of aryl methyl sites for hydroxylation is 1. The molecule has 0 aliphatic heterocycles. The van der Waals surface area contributed by atoms with Crippen LogP contribution in [-0.4, -0.2) is 27.2 Å². The van der Waals surface area contributed by atoms with Crippen molar-refractivity contribution in [3.8, 4) is 0 Å². The predicted molar refractivity (Wildman–Crippen MR) is 87.5 cm³/mol. The molecule has 2 aromatic carbocycles. The molecule has 0 spiro atoms. The van der Waals surface area contributed by atoms with Crippen LogP contribution in [0.2, 0.25) is 0 Å². The molecule has 0 fully saturated rings. The maximum atomic E-state index is 12.0. The second-order valence-corrected chi connectivity index (χ2v) is 5.49. The largest absolute Gasteiger partial charge is 0.452 e. The Morgan fingerprint density at radius 3 is 2.61 bits per heavy atom. The minimum atomic E-state index is -0.570. The molecule has 23 heavy (non-hydrogen) atoms. The summed E-state index contributed by atoms with van der Waals surface area (Å²) in [6.07, 6.45) is 0. The molecule has 0 aliphatic carbocycles. The summed E-state index contributed by atoms with van der Waals surface area (Å²) in [4.78, 5) is 23.8. The number of carbonyl (C=O) groups excluding carboxylic acids is 2. The number of hydrogen-bond acceptors (Lipinski definition) is 6. The first kappa shape index (κ1) is 15.1. The standard InChI is InChI=1S/C16H13N3O3S/c1-10-2-5-12(6-3-10)17-15(20)9-22-16(21)11-4-7-13-14(8-11)19-23-18-13/h2-8H,9H2,1H3,(H,17,20). The van der Waals surface area contributed by atoms with E-state index in [1.807, 2.05) is 19.1 Å². The first-order valence-corrected chi connectivity index (χ1v) is 7.61. The second-order valence-electron chi connectivity index (χ2n) is 4.96. The SMILES string of the molecule is Cc1ccc(NC(=O)COC(=O)c2ccc3nsnc3c2)cc1. The number of carbonyl (C=O) groups is 2. The molecule has 7 heteroatoms. The van der Waals surface area contributed by atoms with Crippen molar-refractivity contribution in [2.24, 2.45) is 0 Å². The Hall–Kier alpha value is -2.80. The van der Waals surface area contributed by atoms with Crippen LogP contribution in [0.15, 0.2) is 42.5 Å². The van der Waals surface area contributed by atoms with Gasteiger partial charge in [0.2, 0.25) is 0 Å². The average Bonchev–Trinajstić information content (AvgIpc) is 3.02. The monoisotopic (exact) mass is 327 g/mol. The number of ether oxygens (including phenoxy) is 1. The van der Waals surface area contributed by atoms with Gasteiger partial charge in [0.05, 0.1) is 17.3 Å². The van der Waals surface area contributed by atoms with Crippen molar-refractivity contribution in [1.82, 2.24) is 8.75 Å². The van der Waals surface area contributed by atoms with Gasteiger partial charge in [0.1, 0.15) is 11.0 Å². The molecule has 3 aromatic rings. The molecule has 0 aliphatic rings. The number of fused-ring (bicyclic) bond motifs is 1. The van der Waals surface area contributed by atoms with Crippen molar-refractivity contribution in [3.63, 3.8) is 0 Å². The lowest BCUT2D eigenvalue weighted by Crippen LogP contribution is -2.20. The maximum Gasteiger partial charge on any atom is 0.338 e. The van der Waals surface area contributed by atoms with Gasteiger partial charge in [-0.1, -0.05) is 17.7 Å². The highest BCUT2D eigenvalue weighted by molar-refractivity contribution is 7.00. The molecule has 0 radical (unpaired) electrons. The molecule has 3 rings (SSSR count). The normalized spacial score (nSPS) is 10.5. The number of hydrogen-bond donors (Lipinski definition) is 1. The number of nitrogens with zero attached hydrogens (tertiary/aromatic N) is 2. The fourth-order valence-corrected chi connectivity index (χ4v) is 2.47. The molecule has 1 amide bonds. The van der Waals surface area contributed by atoms with Crippen LogP contribution in [0.1, 0.15) is 15.9 Å². The van der Waals surface area contributed by atoms with E-state index in [1.54, 1.807) is 30.3 Å². The summed E-state index contributed by atoms with van der Waals surface area (Å²) in [5.74, 6) is -0.961. The molecule has 1 heterocycles. The van der Waals surface area contributed by atoms with Crippen LogP contribution in [0, 0.1) is 6.92 Å². The van der Waals surface area contributed by atoms with Crippen LogP contribution in [0.25, 0.3) is 11.0 Å². The van der Waals surface area contributed by atoms with Gasteiger partial charge in [-0.2, -0.15) is 8.75 Å². The van der Waals surface area contributed by atoms with Crippen molar-refractivity contribution in [3.05, 3.63) is 53.6 Å². The van der Waals surface area contributed by atoms with E-state index < -0.39 is 11.9 Å². The van der Waals surface area contributed by atoms with Crippen LogP contribution in [0.3, 0.4) is 0 Å². The number of aromatic nitrogens is 2. The molecular formula is C16H13N3O3S. The molecule has 0 unspecified atom stereocenters. The van der Waals surface area contributed by atoms with E-state index in [9.17, 15) is 9.59 Å². The van der Waals surface area contributed by atoms with E-state index in [4.69, 9.17) is 4.74 Å². The summed E-state index contributed by atoms with van der Waals surface area (Å²) in [5.41, 5.74) is 3.46. The Morgan fingerprint density at radius 2 is 1.83 bits per heavy atom. The van der Waals surface area contributed by atoms with E-state index in [-0.39, 0.29) is 6.61 Å². The number of anilines is 1. The summed E-state index contributed by atoms with van der Waals surface area (Å²) in [5, 5.41) is 2.66. The number of nitrogens with one attached hydrogen (secondary N) is 1. The highest BCUT2D eigenvalue weighted by Crippen LogP contribution is 2.14. The number of rotatable bonds is 4. The minimum Gasteiger partial charge on any atom is -0.452 e. The Kier molecular flexibility index (Phi) is 4.29. The van der Waals surface area contributed by atoms with Gasteiger partial charge in [-0.25, -0.2) is 4.79 Å². The van der Waals surface area contributed by atoms with Crippen LogP contribution in [-0.2, 0) is 9.53 Å². The first-order chi connectivity index (χ1) is 11.1. The average molecular weight is 327 g/mol. The molecule has 0 saturated heterocycles. The lowest BCUT2D eigenvalue weighted by atomic mass is 10.2. The molecule has 1 N–H and O–H groups in total. The van der Waals surface area contributed by atoms with E-state index in [1.165, 1.54) is 0 Å². The van der Waals surface area contributed by atoms with Gasteiger partial charge in [0.15, 0.2) is 6.61 Å². The van der Waals surface area contributed by atoms with Gasteiger partial charge in [-0.15, -0.1) is 0 Å². The molecule has 116 valence electrons. The summed E-state index contributed by atoms with van der Waals surface area (Å²) in [6.45, 7) is 1.61. The number of amides is 1. The number of esters is 1. The van der Waals surface area contributed by atoms with Crippen LogP contribution >= 0.6 is 11.7 Å². The van der Waals surface area contributed by atoms with Gasteiger partial charge < -0.3 is 10.1 Å². The highest BCUT2D eigenvalue weighted by Gasteiger charge is 2.12. The van der Waals surface area contributed by atoms with Gasteiger partial charge in [0.25, 0.3) is 5.91 Å². The van der Waals surface area contributed by atoms with E-state index in [0.717, 1.165) is 22.8 Å². The topological polar surface area (TPSA) is 81.2 Å². The molecule has 6 nitrogen and oxygen atoms in total. The third-order valence-electron chi connectivity index (χ3n) is 3.16. The van der Waals surface area contributed by atoms with E-state index in [2.05, 4.69) is 14.1 Å². The Bertz CT molecular complexity index is 858. The maximum absolute atomic E-state index is 12.0. The molecule has 0 saturated carbocycles. The van der Waals surface area contributed by atoms with Crippen molar-refractivity contribution < 1.29 is 14.3 Å². The zero-order valence-corrected chi connectivity index (χ0v) is 13.1. The van der Waals surface area contributed by atoms with Gasteiger partial charge in [-0.05, 0) is 37.3 Å². The van der Waals surface area contributed by atoms with Crippen molar-refractivity contribution in [1.29, 1.82) is 0 Å². The van der Waals surface area contributed by atoms with Crippen molar-refractivity contribution in [2.75, 3.05) is 11.9 Å². The Balaban J connectivity index is 1.57. The minimum absolute atomic E-state index is 0.341. The second kappa shape index (κ2) is 6.53. The number of benzene rings is 2. The zero-order valence-electron chi connectivity index (χ0n) is 12.3. The van der Waals surface area contributed by atoms with Crippen LogP contribution in [0.5, 0.6) is 0 Å². The fourth-order valence-electron chi connectivity index (χ4n) is 1.96. The van der Waals surface area contributed by atoms with E-state index in [0.29, 0.717) is 16.8 Å². The quantitative estimate of drug-likeness (QED) is 0.745. The Morgan fingerprint density at radius 1 is 1.09 bits per heavy atom. The molecular weight excluding hydrogens is 314 g/mol. The fraction of sp³-hybridized carbons (Fsp3) is 0.125. The Labute approximate surface area is 136 Å². The van der Waals surface area contributed by atoms with Crippen molar-refractivity contribution >= 4 is 40.3 Å². The molecule has 0 atom stereocenters. The summed E-state index contributed by atoms with van der Waals surface area (Å²) in [7, 11) is 0. The third kappa shape index (κ3) is 3.70. The van der Waals surface area contributed by atoms with E-state index >= 15 is 0 Å². The zero-order chi connectivity index (χ0) is 16.2. The predicted octanol–water partition coefficient (Wildman–Crippen LogP) is 2.80. The highest BCUT2D eigenvalue weighted by atomic mass is 32.1. The van der Waals surface area contributed by atoms with Gasteiger partial charge in [-0.3, -0.25) is 4.79 Å².